The summed E-state index contributed by atoms with van der Waals surface area (Å²) < 4.78 is 15.8. The second-order valence-corrected chi connectivity index (χ2v) is 10.6. The lowest BCUT2D eigenvalue weighted by molar-refractivity contribution is 0.0696. The Bertz CT molecular complexity index is 1940. The van der Waals surface area contributed by atoms with E-state index in [1.807, 2.05) is 43.5 Å². The van der Waals surface area contributed by atoms with Gasteiger partial charge in [0.1, 0.15) is 5.82 Å². The van der Waals surface area contributed by atoms with Gasteiger partial charge in [-0.25, -0.2) is 9.18 Å². The summed E-state index contributed by atoms with van der Waals surface area (Å²) >= 11 is 0. The minimum Gasteiger partial charge on any atom is -0.478 e. The lowest BCUT2D eigenvalue weighted by Crippen LogP contribution is -2.27. The predicted octanol–water partition coefficient (Wildman–Crippen LogP) is 8.40. The highest BCUT2D eigenvalue weighted by Gasteiger charge is 2.21. The molecule has 0 aliphatic carbocycles. The van der Waals surface area contributed by atoms with E-state index in [0.29, 0.717) is 5.56 Å². The van der Waals surface area contributed by atoms with Crippen LogP contribution in [0.2, 0.25) is 0 Å². The number of hydrogen-bond donors (Lipinski definition) is 2. The number of rotatable bonds is 7. The highest BCUT2D eigenvalue weighted by molar-refractivity contribution is 6.08. The Hall–Kier alpha value is -5.23. The Balaban J connectivity index is 1.43. The topological polar surface area (TPSA) is 71.3 Å². The fraction of sp³-hybridized carbons (Fsp3) is 0.111. The molecule has 0 saturated heterocycles. The fourth-order valence-electron chi connectivity index (χ4n) is 5.51. The maximum Gasteiger partial charge on any atom is 0.335 e. The third-order valence-corrected chi connectivity index (χ3v) is 7.91. The first-order valence-electron chi connectivity index (χ1n) is 13.8. The van der Waals surface area contributed by atoms with Crippen LogP contribution < -0.4 is 5.32 Å². The van der Waals surface area contributed by atoms with Gasteiger partial charge in [0.15, 0.2) is 0 Å². The van der Waals surface area contributed by atoms with Crippen LogP contribution >= 0.6 is 0 Å². The number of hydrogen-bond acceptors (Lipinski definition) is 2. The molecule has 0 fully saturated rings. The summed E-state index contributed by atoms with van der Waals surface area (Å²) in [5, 5.41) is 15.6. The van der Waals surface area contributed by atoms with Gasteiger partial charge < -0.3 is 15.0 Å². The smallest absolute Gasteiger partial charge is 0.335 e. The van der Waals surface area contributed by atoms with Crippen molar-refractivity contribution in [3.63, 3.8) is 0 Å². The van der Waals surface area contributed by atoms with Gasteiger partial charge in [-0.15, -0.1) is 0 Å². The first kappa shape index (κ1) is 27.0. The Morgan fingerprint density at radius 3 is 2.14 bits per heavy atom. The van der Waals surface area contributed by atoms with Gasteiger partial charge in [-0.1, -0.05) is 60.7 Å². The normalized spacial score (nSPS) is 12.7. The third-order valence-electron chi connectivity index (χ3n) is 7.91. The van der Waals surface area contributed by atoms with Gasteiger partial charge in [-0.2, -0.15) is 0 Å². The van der Waals surface area contributed by atoms with Crippen molar-refractivity contribution in [2.45, 2.75) is 25.9 Å². The molecule has 2 N–H and O–H groups in total. The SMILES string of the molecule is C[C@H](NC(=O)c1cc(-c2ccc(F)cc2)cc2ccn([C@H](C)c3ccc4ccccc4c3)c12)c1ccc(C(=O)O)cc1. The molecule has 208 valence electrons. The van der Waals surface area contributed by atoms with E-state index in [1.54, 1.807) is 24.3 Å². The molecular formula is C36H29FN2O3. The molecule has 0 spiro atoms. The van der Waals surface area contributed by atoms with Crippen LogP contribution in [0.15, 0.2) is 115 Å². The van der Waals surface area contributed by atoms with Crippen LogP contribution in [-0.4, -0.2) is 21.6 Å². The molecule has 0 unspecified atom stereocenters. The molecule has 6 aromatic rings. The number of fused-ring (bicyclic) bond motifs is 2. The molecule has 1 heterocycles. The highest BCUT2D eigenvalue weighted by atomic mass is 19.1. The maximum absolute atomic E-state index is 14.0. The van der Waals surface area contributed by atoms with Crippen molar-refractivity contribution in [2.24, 2.45) is 0 Å². The number of carbonyl (C=O) groups excluding carboxylic acids is 1. The third kappa shape index (κ3) is 5.15. The predicted molar refractivity (Wildman–Crippen MR) is 164 cm³/mol. The number of nitrogens with zero attached hydrogens (tertiary/aromatic N) is 1. The van der Waals surface area contributed by atoms with Gasteiger partial charge in [0, 0.05) is 11.6 Å². The van der Waals surface area contributed by atoms with E-state index >= 15 is 0 Å². The fourth-order valence-corrected chi connectivity index (χ4v) is 5.51. The lowest BCUT2D eigenvalue weighted by atomic mass is 9.98. The van der Waals surface area contributed by atoms with Crippen molar-refractivity contribution >= 4 is 33.6 Å². The molecule has 0 aliphatic rings. The van der Waals surface area contributed by atoms with Crippen molar-refractivity contribution in [1.82, 2.24) is 9.88 Å². The molecule has 5 nitrogen and oxygen atoms in total. The summed E-state index contributed by atoms with van der Waals surface area (Å²) in [7, 11) is 0. The minimum absolute atomic E-state index is 0.0590. The number of benzene rings is 5. The highest BCUT2D eigenvalue weighted by Crippen LogP contribution is 2.33. The molecule has 2 atom stereocenters. The molecular weight excluding hydrogens is 527 g/mol. The molecule has 0 bridgehead atoms. The second kappa shape index (κ2) is 11.0. The minimum atomic E-state index is -1.00. The molecule has 0 radical (unpaired) electrons. The van der Waals surface area contributed by atoms with E-state index in [1.165, 1.54) is 29.7 Å². The van der Waals surface area contributed by atoms with E-state index in [-0.39, 0.29) is 29.4 Å². The Morgan fingerprint density at radius 2 is 1.43 bits per heavy atom. The Morgan fingerprint density at radius 1 is 0.738 bits per heavy atom. The van der Waals surface area contributed by atoms with E-state index in [0.717, 1.165) is 38.5 Å². The summed E-state index contributed by atoms with van der Waals surface area (Å²) in [5.74, 6) is -1.58. The van der Waals surface area contributed by atoms with Crippen LogP contribution in [0.5, 0.6) is 0 Å². The van der Waals surface area contributed by atoms with Crippen LogP contribution in [0.25, 0.3) is 32.8 Å². The molecule has 0 saturated carbocycles. The molecule has 5 aromatic carbocycles. The van der Waals surface area contributed by atoms with Gasteiger partial charge in [-0.05, 0) is 95.4 Å². The van der Waals surface area contributed by atoms with Crippen molar-refractivity contribution in [1.29, 1.82) is 0 Å². The number of carboxylic acids is 1. The number of aromatic nitrogens is 1. The molecule has 1 amide bonds. The summed E-state index contributed by atoms with van der Waals surface area (Å²) in [6.07, 6.45) is 2.00. The average molecular weight is 557 g/mol. The van der Waals surface area contributed by atoms with Crippen LogP contribution in [0.1, 0.15) is 57.8 Å². The molecule has 42 heavy (non-hydrogen) atoms. The zero-order valence-electron chi connectivity index (χ0n) is 23.2. The number of amides is 1. The van der Waals surface area contributed by atoms with Crippen LogP contribution in [-0.2, 0) is 0 Å². The quantitative estimate of drug-likeness (QED) is 0.207. The van der Waals surface area contributed by atoms with Crippen molar-refractivity contribution in [3.05, 3.63) is 143 Å². The van der Waals surface area contributed by atoms with Crippen LogP contribution in [0.3, 0.4) is 0 Å². The van der Waals surface area contributed by atoms with Crippen LogP contribution in [0, 0.1) is 5.82 Å². The van der Waals surface area contributed by atoms with Gasteiger partial charge in [0.25, 0.3) is 5.91 Å². The summed E-state index contributed by atoms with van der Waals surface area (Å²) in [5.41, 5.74) is 5.01. The van der Waals surface area contributed by atoms with Crippen molar-refractivity contribution in [3.8, 4) is 11.1 Å². The van der Waals surface area contributed by atoms with Gasteiger partial charge >= 0.3 is 5.97 Å². The van der Waals surface area contributed by atoms with Crippen molar-refractivity contribution < 1.29 is 19.1 Å². The maximum atomic E-state index is 14.0. The van der Waals surface area contributed by atoms with Crippen LogP contribution in [0.4, 0.5) is 4.39 Å². The average Bonchev–Trinajstić information content (AvgIpc) is 3.44. The summed E-state index contributed by atoms with van der Waals surface area (Å²) in [6, 6.07) is 32.8. The second-order valence-electron chi connectivity index (χ2n) is 10.6. The number of halogens is 1. The molecule has 0 aliphatic heterocycles. The monoisotopic (exact) mass is 556 g/mol. The Labute approximate surface area is 242 Å². The molecule has 6 rings (SSSR count). The number of aromatic carboxylic acids is 1. The van der Waals surface area contributed by atoms with E-state index < -0.39 is 5.97 Å². The number of carboxylic acid groups (broad SMARTS) is 1. The first-order chi connectivity index (χ1) is 20.3. The first-order valence-corrected chi connectivity index (χ1v) is 13.8. The van der Waals surface area contributed by atoms with E-state index in [2.05, 4.69) is 47.1 Å². The summed E-state index contributed by atoms with van der Waals surface area (Å²) in [4.78, 5) is 25.2. The zero-order valence-corrected chi connectivity index (χ0v) is 23.2. The molecule has 6 heteroatoms. The zero-order chi connectivity index (χ0) is 29.4. The standard InChI is InChI=1S/C36H29FN2O3/c1-22(24-7-10-27(11-8-24)36(41)42)38-35(40)33-21-31(26-13-15-32(37)16-14-26)20-30-17-18-39(34(30)33)23(2)28-12-9-25-5-3-4-6-29(25)19-28/h3-23H,1-2H3,(H,38,40)(H,41,42)/t22-,23+/m0/s1. The number of nitrogens with one attached hydrogen (secondary N) is 1. The lowest BCUT2D eigenvalue weighted by Gasteiger charge is -2.20. The summed E-state index contributed by atoms with van der Waals surface area (Å²) in [6.45, 7) is 3.98. The van der Waals surface area contributed by atoms with Crippen molar-refractivity contribution in [2.75, 3.05) is 0 Å². The van der Waals surface area contributed by atoms with Gasteiger partial charge in [0.2, 0.25) is 0 Å². The van der Waals surface area contributed by atoms with Gasteiger partial charge in [0.05, 0.1) is 28.7 Å². The Kier molecular flexibility index (Phi) is 7.05. The molecule has 1 aromatic heterocycles. The largest absolute Gasteiger partial charge is 0.478 e. The van der Waals surface area contributed by atoms with E-state index in [9.17, 15) is 19.1 Å². The number of carbonyl (C=O) groups is 2. The van der Waals surface area contributed by atoms with E-state index in [4.69, 9.17) is 0 Å². The van der Waals surface area contributed by atoms with Gasteiger partial charge in [-0.3, -0.25) is 4.79 Å².